The van der Waals surface area contributed by atoms with Gasteiger partial charge in [-0.25, -0.2) is 0 Å². The summed E-state index contributed by atoms with van der Waals surface area (Å²) in [5.74, 6) is 0.329. The van der Waals surface area contributed by atoms with Crippen molar-refractivity contribution in [3.63, 3.8) is 0 Å². The summed E-state index contributed by atoms with van der Waals surface area (Å²) < 4.78 is 0. The average molecular weight is 261 g/mol. The minimum absolute atomic E-state index is 0.0109. The summed E-state index contributed by atoms with van der Waals surface area (Å²) in [7, 11) is 0. The third kappa shape index (κ3) is 1.19. The molecule has 1 N–H and O–H groups in total. The highest BCUT2D eigenvalue weighted by Crippen LogP contribution is 2.55. The van der Waals surface area contributed by atoms with Crippen molar-refractivity contribution in [3.8, 4) is 0 Å². The van der Waals surface area contributed by atoms with Gasteiger partial charge < -0.3 is 5.11 Å². The van der Waals surface area contributed by atoms with E-state index in [0.717, 1.165) is 6.42 Å². The Labute approximate surface area is 112 Å². The first-order valence-electron chi connectivity index (χ1n) is 7.16. The lowest BCUT2D eigenvalue weighted by atomic mass is 9.64. The fourth-order valence-corrected chi connectivity index (χ4v) is 4.55. The Balaban J connectivity index is 1.67. The number of likely N-dealkylation sites (tertiary alicyclic amines) is 1. The monoisotopic (exact) mass is 261 g/mol. The molecule has 1 aliphatic heterocycles. The lowest BCUT2D eigenvalue weighted by Crippen LogP contribution is -2.63. The van der Waals surface area contributed by atoms with Crippen LogP contribution in [-0.4, -0.2) is 34.0 Å². The SMILES string of the molecule is CC1(C)C(O)CC1N1C(=O)C2C3C=CC(C3)C2C1=O. The highest BCUT2D eigenvalue weighted by molar-refractivity contribution is 6.06. The maximum Gasteiger partial charge on any atom is 0.233 e. The van der Waals surface area contributed by atoms with Gasteiger partial charge in [0.15, 0.2) is 0 Å². The minimum Gasteiger partial charge on any atom is -0.392 e. The van der Waals surface area contributed by atoms with Gasteiger partial charge in [-0.15, -0.1) is 0 Å². The van der Waals surface area contributed by atoms with Gasteiger partial charge in [0.25, 0.3) is 0 Å². The summed E-state index contributed by atoms with van der Waals surface area (Å²) in [6.45, 7) is 3.88. The molecule has 1 saturated heterocycles. The van der Waals surface area contributed by atoms with Crippen LogP contribution in [0.25, 0.3) is 0 Å². The van der Waals surface area contributed by atoms with Crippen molar-refractivity contribution < 1.29 is 14.7 Å². The van der Waals surface area contributed by atoms with Gasteiger partial charge in [0.1, 0.15) is 0 Å². The van der Waals surface area contributed by atoms with Crippen LogP contribution in [0, 0.1) is 29.1 Å². The predicted octanol–water partition coefficient (Wildman–Crippen LogP) is 0.953. The molecule has 6 unspecified atom stereocenters. The summed E-state index contributed by atoms with van der Waals surface area (Å²) in [5, 5.41) is 9.84. The summed E-state index contributed by atoms with van der Waals surface area (Å²) >= 11 is 0. The second-order valence-electron chi connectivity index (χ2n) is 7.14. The van der Waals surface area contributed by atoms with Crippen molar-refractivity contribution >= 4 is 11.8 Å². The second-order valence-corrected chi connectivity index (χ2v) is 7.14. The summed E-state index contributed by atoms with van der Waals surface area (Å²) in [6.07, 6.45) is 5.32. The molecule has 0 spiro atoms. The number of nitrogens with zero attached hydrogens (tertiary/aromatic N) is 1. The highest BCUT2D eigenvalue weighted by atomic mass is 16.3. The molecule has 6 atom stereocenters. The average Bonchev–Trinajstić information content (AvgIpc) is 3.02. The van der Waals surface area contributed by atoms with Crippen molar-refractivity contribution in [3.05, 3.63) is 12.2 Å². The van der Waals surface area contributed by atoms with Gasteiger partial charge in [-0.2, -0.15) is 0 Å². The lowest BCUT2D eigenvalue weighted by molar-refractivity contribution is -0.164. The molecule has 4 rings (SSSR count). The number of allylic oxidation sites excluding steroid dienone is 2. The molecule has 0 radical (unpaired) electrons. The number of hydrogen-bond acceptors (Lipinski definition) is 3. The molecule has 19 heavy (non-hydrogen) atoms. The van der Waals surface area contributed by atoms with Gasteiger partial charge in [0, 0.05) is 11.5 Å². The first kappa shape index (κ1) is 11.6. The summed E-state index contributed by atoms with van der Waals surface area (Å²) in [6, 6.07) is -0.118. The van der Waals surface area contributed by atoms with Gasteiger partial charge in [-0.1, -0.05) is 26.0 Å². The fraction of sp³-hybridized carbons (Fsp3) is 0.733. The van der Waals surface area contributed by atoms with E-state index in [4.69, 9.17) is 0 Å². The van der Waals surface area contributed by atoms with Gasteiger partial charge in [-0.05, 0) is 24.7 Å². The molecule has 3 aliphatic carbocycles. The van der Waals surface area contributed by atoms with E-state index in [1.54, 1.807) is 0 Å². The zero-order chi connectivity index (χ0) is 13.5. The number of amides is 2. The summed E-state index contributed by atoms with van der Waals surface area (Å²) in [4.78, 5) is 26.7. The van der Waals surface area contributed by atoms with E-state index >= 15 is 0 Å². The van der Waals surface area contributed by atoms with E-state index in [9.17, 15) is 14.7 Å². The van der Waals surface area contributed by atoms with Crippen molar-refractivity contribution in [2.75, 3.05) is 0 Å². The third-order valence-corrected chi connectivity index (χ3v) is 5.98. The van der Waals surface area contributed by atoms with Crippen LogP contribution in [0.3, 0.4) is 0 Å². The van der Waals surface area contributed by atoms with Crippen molar-refractivity contribution in [2.24, 2.45) is 29.1 Å². The molecule has 102 valence electrons. The zero-order valence-corrected chi connectivity index (χ0v) is 11.2. The van der Waals surface area contributed by atoms with E-state index in [-0.39, 0.29) is 46.9 Å². The Bertz CT molecular complexity index is 480. The van der Waals surface area contributed by atoms with Crippen LogP contribution in [-0.2, 0) is 9.59 Å². The molecule has 1 heterocycles. The number of imide groups is 1. The number of aliphatic hydroxyl groups is 1. The number of aliphatic hydroxyl groups excluding tert-OH is 1. The van der Waals surface area contributed by atoms with E-state index in [0.29, 0.717) is 6.42 Å². The number of carbonyl (C=O) groups is 2. The van der Waals surface area contributed by atoms with Crippen molar-refractivity contribution in [1.29, 1.82) is 0 Å². The maximum atomic E-state index is 12.6. The Morgan fingerprint density at radius 1 is 1.11 bits per heavy atom. The Morgan fingerprint density at radius 2 is 1.63 bits per heavy atom. The molecular formula is C15H19NO3. The van der Waals surface area contributed by atoms with E-state index in [1.807, 2.05) is 13.8 Å². The topological polar surface area (TPSA) is 57.6 Å². The molecule has 0 aromatic carbocycles. The number of hydrogen-bond donors (Lipinski definition) is 1. The Kier molecular flexibility index (Phi) is 2.02. The Hall–Kier alpha value is -1.16. The second kappa shape index (κ2) is 3.29. The smallest absolute Gasteiger partial charge is 0.233 e. The first-order valence-corrected chi connectivity index (χ1v) is 7.16. The van der Waals surface area contributed by atoms with E-state index in [2.05, 4.69) is 12.2 Å². The van der Waals surface area contributed by atoms with Gasteiger partial charge in [-0.3, -0.25) is 14.5 Å². The van der Waals surface area contributed by atoms with Crippen LogP contribution in [0.15, 0.2) is 12.2 Å². The Morgan fingerprint density at radius 3 is 2.05 bits per heavy atom. The third-order valence-electron chi connectivity index (χ3n) is 5.98. The van der Waals surface area contributed by atoms with Crippen LogP contribution in [0.2, 0.25) is 0 Å². The van der Waals surface area contributed by atoms with Gasteiger partial charge >= 0.3 is 0 Å². The van der Waals surface area contributed by atoms with Crippen molar-refractivity contribution in [2.45, 2.75) is 38.8 Å². The number of fused-ring (bicyclic) bond motifs is 5. The molecule has 0 aromatic rings. The molecule has 2 bridgehead atoms. The van der Waals surface area contributed by atoms with Crippen LogP contribution < -0.4 is 0 Å². The van der Waals surface area contributed by atoms with E-state index in [1.165, 1.54) is 4.90 Å². The van der Waals surface area contributed by atoms with Gasteiger partial charge in [0.2, 0.25) is 11.8 Å². The van der Waals surface area contributed by atoms with Crippen LogP contribution in [0.5, 0.6) is 0 Å². The highest BCUT2D eigenvalue weighted by Gasteiger charge is 2.64. The lowest BCUT2D eigenvalue weighted by Gasteiger charge is -2.52. The molecule has 2 saturated carbocycles. The molecular weight excluding hydrogens is 242 g/mol. The first-order chi connectivity index (χ1) is 8.93. The fourth-order valence-electron chi connectivity index (χ4n) is 4.55. The molecule has 2 amide bonds. The van der Waals surface area contributed by atoms with Crippen LogP contribution in [0.1, 0.15) is 26.7 Å². The van der Waals surface area contributed by atoms with E-state index < -0.39 is 6.10 Å². The van der Waals surface area contributed by atoms with Crippen LogP contribution in [0.4, 0.5) is 0 Å². The molecule has 4 heteroatoms. The number of rotatable bonds is 1. The molecule has 0 aromatic heterocycles. The molecule has 4 aliphatic rings. The largest absolute Gasteiger partial charge is 0.392 e. The van der Waals surface area contributed by atoms with Crippen LogP contribution >= 0.6 is 0 Å². The maximum absolute atomic E-state index is 12.6. The quantitative estimate of drug-likeness (QED) is 0.565. The zero-order valence-electron chi connectivity index (χ0n) is 11.2. The summed E-state index contributed by atoms with van der Waals surface area (Å²) in [5.41, 5.74) is -0.365. The molecule has 3 fully saturated rings. The molecule has 4 nitrogen and oxygen atoms in total. The number of carbonyl (C=O) groups excluding carboxylic acids is 2. The minimum atomic E-state index is -0.409. The standard InChI is InChI=1S/C15H19NO3/c1-15(2)9(6-10(15)17)16-13(18)11-7-3-4-8(5-7)12(11)14(16)19/h3-4,7-12,17H,5-6H2,1-2H3. The predicted molar refractivity (Wildman–Crippen MR) is 67.8 cm³/mol. The van der Waals surface area contributed by atoms with Crippen molar-refractivity contribution in [1.82, 2.24) is 4.90 Å². The van der Waals surface area contributed by atoms with Gasteiger partial charge in [0.05, 0.1) is 17.9 Å². The normalized spacial score (nSPS) is 49.7.